The number of carbonyl (C=O) groups excluding carboxylic acids is 2. The Labute approximate surface area is 206 Å². The molecule has 35 heavy (non-hydrogen) atoms. The maximum atomic E-state index is 13.2. The van der Waals surface area contributed by atoms with E-state index < -0.39 is 0 Å². The van der Waals surface area contributed by atoms with Crippen molar-refractivity contribution in [3.8, 4) is 5.75 Å². The van der Waals surface area contributed by atoms with Crippen LogP contribution in [0.25, 0.3) is 0 Å². The van der Waals surface area contributed by atoms with Crippen molar-refractivity contribution in [2.75, 3.05) is 20.1 Å². The van der Waals surface area contributed by atoms with Gasteiger partial charge in [0.25, 0.3) is 5.91 Å². The summed E-state index contributed by atoms with van der Waals surface area (Å²) in [6.07, 6.45) is 2.83. The van der Waals surface area contributed by atoms with E-state index in [0.29, 0.717) is 18.1 Å². The fourth-order valence-electron chi connectivity index (χ4n) is 4.74. The largest absolute Gasteiger partial charge is 0.486 e. The van der Waals surface area contributed by atoms with Crippen molar-refractivity contribution in [2.45, 2.75) is 45.8 Å². The molecule has 1 fully saturated rings. The van der Waals surface area contributed by atoms with Crippen LogP contribution < -0.4 is 4.74 Å². The third-order valence-corrected chi connectivity index (χ3v) is 6.99. The lowest BCUT2D eigenvalue weighted by Crippen LogP contribution is -2.41. The number of carbonyl (C=O) groups is 2. The zero-order valence-corrected chi connectivity index (χ0v) is 20.6. The van der Waals surface area contributed by atoms with Crippen molar-refractivity contribution >= 4 is 11.8 Å². The third-order valence-electron chi connectivity index (χ3n) is 6.99. The molecule has 0 N–H and O–H groups in total. The maximum absolute atomic E-state index is 13.2. The van der Waals surface area contributed by atoms with E-state index >= 15 is 0 Å². The molecule has 1 aliphatic carbocycles. The number of amides is 2. The zero-order valence-electron chi connectivity index (χ0n) is 20.6. The Morgan fingerprint density at radius 1 is 1.11 bits per heavy atom. The summed E-state index contributed by atoms with van der Waals surface area (Å²) in [6.45, 7) is 5.58. The first-order valence-electron chi connectivity index (χ1n) is 12.4. The SMILES string of the molecule is CCN(C)C(=O)c1ccc(COc2ccc3c(c2)C(c2cccc(C)c2)N(C(=O)C2CC2)CC3)o1. The van der Waals surface area contributed by atoms with E-state index in [4.69, 9.17) is 9.15 Å². The van der Waals surface area contributed by atoms with Gasteiger partial charge in [-0.25, -0.2) is 0 Å². The molecule has 1 aromatic heterocycles. The Balaban J connectivity index is 1.40. The highest BCUT2D eigenvalue weighted by atomic mass is 16.5. The Hall–Kier alpha value is -3.54. The lowest BCUT2D eigenvalue weighted by Gasteiger charge is -2.38. The Morgan fingerprint density at radius 3 is 2.69 bits per heavy atom. The third kappa shape index (κ3) is 4.83. The minimum absolute atomic E-state index is 0.118. The number of fused-ring (bicyclic) bond motifs is 1. The number of benzene rings is 2. The molecule has 2 aromatic carbocycles. The molecule has 182 valence electrons. The van der Waals surface area contributed by atoms with Gasteiger partial charge in [0, 0.05) is 26.1 Å². The van der Waals surface area contributed by atoms with Gasteiger partial charge in [0.05, 0.1) is 6.04 Å². The molecule has 3 aromatic rings. The summed E-state index contributed by atoms with van der Waals surface area (Å²) in [5.74, 6) is 1.92. The summed E-state index contributed by atoms with van der Waals surface area (Å²) in [4.78, 5) is 29.2. The summed E-state index contributed by atoms with van der Waals surface area (Å²) >= 11 is 0. The van der Waals surface area contributed by atoms with Crippen molar-refractivity contribution in [1.29, 1.82) is 0 Å². The molecular formula is C29H32N2O4. The fraction of sp³-hybridized carbons (Fsp3) is 0.379. The maximum Gasteiger partial charge on any atom is 0.289 e. The van der Waals surface area contributed by atoms with Crippen molar-refractivity contribution in [3.63, 3.8) is 0 Å². The molecule has 0 spiro atoms. The van der Waals surface area contributed by atoms with Crippen LogP contribution in [0.3, 0.4) is 0 Å². The number of ether oxygens (including phenoxy) is 1. The second-order valence-electron chi connectivity index (χ2n) is 9.61. The number of nitrogens with zero attached hydrogens (tertiary/aromatic N) is 2. The van der Waals surface area contributed by atoms with Gasteiger partial charge < -0.3 is 19.0 Å². The van der Waals surface area contributed by atoms with Crippen LogP contribution in [-0.2, 0) is 17.8 Å². The molecule has 1 saturated carbocycles. The Bertz CT molecular complexity index is 1240. The molecule has 2 amide bonds. The molecule has 6 heteroatoms. The van der Waals surface area contributed by atoms with Gasteiger partial charge in [-0.05, 0) is 74.1 Å². The van der Waals surface area contributed by atoms with Gasteiger partial charge in [-0.1, -0.05) is 35.9 Å². The molecule has 0 radical (unpaired) electrons. The number of hydrogen-bond donors (Lipinski definition) is 0. The molecule has 0 bridgehead atoms. The highest BCUT2D eigenvalue weighted by Crippen LogP contribution is 2.41. The van der Waals surface area contributed by atoms with Gasteiger partial charge in [-0.2, -0.15) is 0 Å². The van der Waals surface area contributed by atoms with Gasteiger partial charge in [0.15, 0.2) is 5.76 Å². The fourth-order valence-corrected chi connectivity index (χ4v) is 4.74. The molecule has 1 atom stereocenters. The first-order chi connectivity index (χ1) is 16.9. The summed E-state index contributed by atoms with van der Waals surface area (Å²) in [5.41, 5.74) is 4.68. The molecule has 1 unspecified atom stereocenters. The van der Waals surface area contributed by atoms with E-state index in [-0.39, 0.29) is 30.4 Å². The normalized spacial score (nSPS) is 17.1. The number of rotatable bonds is 7. The quantitative estimate of drug-likeness (QED) is 0.478. The van der Waals surface area contributed by atoms with Crippen LogP contribution in [0.1, 0.15) is 64.4 Å². The van der Waals surface area contributed by atoms with Crippen LogP contribution in [-0.4, -0.2) is 41.8 Å². The topological polar surface area (TPSA) is 63.0 Å². The van der Waals surface area contributed by atoms with E-state index in [0.717, 1.165) is 42.7 Å². The second kappa shape index (κ2) is 9.61. The summed E-state index contributed by atoms with van der Waals surface area (Å²) < 4.78 is 11.8. The van der Waals surface area contributed by atoms with Crippen LogP contribution in [0, 0.1) is 12.8 Å². The van der Waals surface area contributed by atoms with Crippen molar-refractivity contribution in [2.24, 2.45) is 5.92 Å². The van der Waals surface area contributed by atoms with Gasteiger partial charge >= 0.3 is 0 Å². The minimum atomic E-state index is -0.144. The first-order valence-corrected chi connectivity index (χ1v) is 12.4. The van der Waals surface area contributed by atoms with Crippen LogP contribution in [0.5, 0.6) is 5.75 Å². The molecular weight excluding hydrogens is 440 g/mol. The van der Waals surface area contributed by atoms with E-state index in [1.165, 1.54) is 11.1 Å². The van der Waals surface area contributed by atoms with Crippen molar-refractivity contribution in [3.05, 3.63) is 88.4 Å². The number of hydrogen-bond acceptors (Lipinski definition) is 4. The van der Waals surface area contributed by atoms with E-state index in [9.17, 15) is 9.59 Å². The number of aryl methyl sites for hydroxylation is 1. The summed E-state index contributed by atoms with van der Waals surface area (Å²) in [5, 5.41) is 0. The molecule has 0 saturated heterocycles. The molecule has 1 aliphatic heterocycles. The molecule has 6 nitrogen and oxygen atoms in total. The molecule has 5 rings (SSSR count). The first kappa shape index (κ1) is 23.2. The van der Waals surface area contributed by atoms with Gasteiger partial charge in [0.2, 0.25) is 5.91 Å². The van der Waals surface area contributed by atoms with Gasteiger partial charge in [-0.3, -0.25) is 9.59 Å². The predicted octanol–water partition coefficient (Wildman–Crippen LogP) is 5.14. The van der Waals surface area contributed by atoms with Crippen molar-refractivity contribution < 1.29 is 18.7 Å². The lowest BCUT2D eigenvalue weighted by molar-refractivity contribution is -0.134. The zero-order chi connectivity index (χ0) is 24.5. The monoisotopic (exact) mass is 472 g/mol. The summed E-state index contributed by atoms with van der Waals surface area (Å²) in [7, 11) is 1.75. The van der Waals surface area contributed by atoms with Crippen LogP contribution in [0.15, 0.2) is 59.0 Å². The van der Waals surface area contributed by atoms with Gasteiger partial charge in [0.1, 0.15) is 18.1 Å². The van der Waals surface area contributed by atoms with E-state index in [1.54, 1.807) is 24.1 Å². The average molecular weight is 473 g/mol. The highest BCUT2D eigenvalue weighted by molar-refractivity contribution is 5.91. The average Bonchev–Trinajstić information content (AvgIpc) is 3.62. The molecule has 2 heterocycles. The Morgan fingerprint density at radius 2 is 1.94 bits per heavy atom. The van der Waals surface area contributed by atoms with Crippen LogP contribution in [0.2, 0.25) is 0 Å². The van der Waals surface area contributed by atoms with Crippen molar-refractivity contribution in [1.82, 2.24) is 9.80 Å². The van der Waals surface area contributed by atoms with E-state index in [1.807, 2.05) is 13.0 Å². The Kier molecular flexibility index (Phi) is 6.37. The van der Waals surface area contributed by atoms with E-state index in [2.05, 4.69) is 48.2 Å². The molecule has 2 aliphatic rings. The standard InChI is InChI=1S/C29H32N2O4/c1-4-30(3)29(33)26-13-12-24(35-26)18-34-23-11-10-20-14-15-31(28(32)21-8-9-21)27(25(20)17-23)22-7-5-6-19(2)16-22/h5-7,10-13,16-17,21,27H,4,8-9,14-15,18H2,1-3H3. The second-order valence-corrected chi connectivity index (χ2v) is 9.61. The smallest absolute Gasteiger partial charge is 0.289 e. The van der Waals surface area contributed by atoms with Gasteiger partial charge in [-0.15, -0.1) is 0 Å². The number of furan rings is 1. The highest BCUT2D eigenvalue weighted by Gasteiger charge is 2.39. The lowest BCUT2D eigenvalue weighted by atomic mass is 9.87. The van der Waals surface area contributed by atoms with Crippen LogP contribution in [0.4, 0.5) is 0 Å². The minimum Gasteiger partial charge on any atom is -0.486 e. The van der Waals surface area contributed by atoms with Crippen LogP contribution >= 0.6 is 0 Å². The summed E-state index contributed by atoms with van der Waals surface area (Å²) in [6, 6.07) is 17.9. The predicted molar refractivity (Wildman–Crippen MR) is 133 cm³/mol.